The minimum atomic E-state index is -0.540. The maximum absolute atomic E-state index is 12.6. The maximum Gasteiger partial charge on any atom is 0.339 e. The van der Waals surface area contributed by atoms with Gasteiger partial charge >= 0.3 is 5.97 Å². The van der Waals surface area contributed by atoms with Gasteiger partial charge in [0, 0.05) is 18.7 Å². The Morgan fingerprint density at radius 1 is 1.00 bits per heavy atom. The Kier molecular flexibility index (Phi) is 6.71. The van der Waals surface area contributed by atoms with Crippen molar-refractivity contribution < 1.29 is 19.1 Å². The van der Waals surface area contributed by atoms with Crippen molar-refractivity contribution in [1.82, 2.24) is 0 Å². The molecule has 0 unspecified atom stereocenters. The van der Waals surface area contributed by atoms with Gasteiger partial charge in [0.2, 0.25) is 5.91 Å². The summed E-state index contributed by atoms with van der Waals surface area (Å²) in [5.41, 5.74) is 8.95. The normalized spacial score (nSPS) is 10.3. The van der Waals surface area contributed by atoms with E-state index in [0.717, 1.165) is 16.7 Å². The summed E-state index contributed by atoms with van der Waals surface area (Å²) in [7, 11) is 0. The number of esters is 1. The summed E-state index contributed by atoms with van der Waals surface area (Å²) in [6.45, 7) is 5.33. The molecule has 0 aliphatic heterocycles. The second kappa shape index (κ2) is 8.98. The van der Waals surface area contributed by atoms with Gasteiger partial charge in [0.05, 0.1) is 5.56 Å². The summed E-state index contributed by atoms with van der Waals surface area (Å²) in [5, 5.41) is 0. The van der Waals surface area contributed by atoms with E-state index < -0.39 is 24.4 Å². The van der Waals surface area contributed by atoms with E-state index in [-0.39, 0.29) is 13.0 Å². The number of hydrogen-bond acceptors (Lipinski definition) is 4. The van der Waals surface area contributed by atoms with Crippen molar-refractivity contribution in [2.24, 2.45) is 5.73 Å². The predicted octanol–water partition coefficient (Wildman–Crippen LogP) is 2.68. The molecule has 142 valence electrons. The number of anilines is 1. The summed E-state index contributed by atoms with van der Waals surface area (Å²) in [6.07, 6.45) is 0.0186. The number of rotatable bonds is 7. The Hall–Kier alpha value is -3.15. The molecule has 6 nitrogen and oxygen atoms in total. The molecule has 0 aliphatic carbocycles. The van der Waals surface area contributed by atoms with Crippen LogP contribution in [0.15, 0.2) is 42.5 Å². The lowest BCUT2D eigenvalue weighted by atomic mass is 10.00. The number of amides is 2. The minimum absolute atomic E-state index is 0.0186. The number of carbonyl (C=O) groups excluding carboxylic acids is 3. The zero-order valence-corrected chi connectivity index (χ0v) is 15.8. The summed E-state index contributed by atoms with van der Waals surface area (Å²) in [4.78, 5) is 37.6. The van der Waals surface area contributed by atoms with Crippen LogP contribution in [-0.2, 0) is 14.3 Å². The van der Waals surface area contributed by atoms with E-state index >= 15 is 0 Å². The molecule has 0 saturated heterocycles. The molecule has 0 atom stereocenters. The molecule has 2 aromatic carbocycles. The Bertz CT molecular complexity index is 824. The van der Waals surface area contributed by atoms with Gasteiger partial charge < -0.3 is 15.4 Å². The number of nitrogens with two attached hydrogens (primary N) is 1. The van der Waals surface area contributed by atoms with Gasteiger partial charge in [0.1, 0.15) is 0 Å². The number of hydrogen-bond donors (Lipinski definition) is 1. The van der Waals surface area contributed by atoms with Gasteiger partial charge in [-0.3, -0.25) is 9.59 Å². The fourth-order valence-electron chi connectivity index (χ4n) is 3.01. The first kappa shape index (κ1) is 20.2. The van der Waals surface area contributed by atoms with E-state index in [0.29, 0.717) is 11.3 Å². The monoisotopic (exact) mass is 368 g/mol. The third kappa shape index (κ3) is 5.41. The van der Waals surface area contributed by atoms with Crippen molar-refractivity contribution in [3.05, 3.63) is 64.7 Å². The number of nitrogens with zero attached hydrogens (tertiary/aromatic N) is 1. The van der Waals surface area contributed by atoms with Crippen LogP contribution in [0.5, 0.6) is 0 Å². The molecule has 0 heterocycles. The molecule has 0 spiro atoms. The molecule has 0 aliphatic rings. The molecule has 2 N–H and O–H groups in total. The highest BCUT2D eigenvalue weighted by atomic mass is 16.5. The van der Waals surface area contributed by atoms with Gasteiger partial charge in [-0.2, -0.15) is 0 Å². The first-order valence-corrected chi connectivity index (χ1v) is 8.68. The highest BCUT2D eigenvalue weighted by Gasteiger charge is 2.20. The molecular weight excluding hydrogens is 344 g/mol. The van der Waals surface area contributed by atoms with Crippen LogP contribution in [0.4, 0.5) is 5.69 Å². The fraction of sp³-hybridized carbons (Fsp3) is 0.286. The van der Waals surface area contributed by atoms with Crippen LogP contribution in [0.2, 0.25) is 0 Å². The predicted molar refractivity (Wildman–Crippen MR) is 104 cm³/mol. The molecule has 2 rings (SSSR count). The number of carbonyl (C=O) groups is 3. The van der Waals surface area contributed by atoms with Crippen molar-refractivity contribution in [3.63, 3.8) is 0 Å². The van der Waals surface area contributed by atoms with E-state index in [1.54, 1.807) is 24.3 Å². The van der Waals surface area contributed by atoms with Crippen LogP contribution in [0, 0.1) is 20.8 Å². The highest BCUT2D eigenvalue weighted by molar-refractivity contribution is 5.98. The molecule has 2 amide bonds. The lowest BCUT2D eigenvalue weighted by Crippen LogP contribution is -2.37. The molecule has 0 aromatic heterocycles. The topological polar surface area (TPSA) is 89.7 Å². The van der Waals surface area contributed by atoms with Crippen molar-refractivity contribution in [2.75, 3.05) is 18.1 Å². The smallest absolute Gasteiger partial charge is 0.339 e. The second-order valence-electron chi connectivity index (χ2n) is 6.45. The van der Waals surface area contributed by atoms with Gasteiger partial charge in [-0.1, -0.05) is 35.9 Å². The fourth-order valence-corrected chi connectivity index (χ4v) is 3.01. The largest absolute Gasteiger partial charge is 0.452 e. The van der Waals surface area contributed by atoms with Crippen molar-refractivity contribution in [2.45, 2.75) is 27.2 Å². The summed E-state index contributed by atoms with van der Waals surface area (Å²) in [5.74, 6) is -1.47. The molecule has 0 bridgehead atoms. The van der Waals surface area contributed by atoms with E-state index in [4.69, 9.17) is 10.5 Å². The Morgan fingerprint density at radius 2 is 1.59 bits per heavy atom. The standard InChI is InChI=1S/C21H24N2O4/c1-14-11-15(2)20(16(3)12-14)21(26)27-13-19(25)23(10-9-18(22)24)17-7-5-4-6-8-17/h4-8,11-12H,9-10,13H2,1-3H3,(H2,22,24). The van der Waals surface area contributed by atoms with E-state index in [1.165, 1.54) is 4.90 Å². The number of benzene rings is 2. The molecule has 27 heavy (non-hydrogen) atoms. The zero-order chi connectivity index (χ0) is 20.0. The van der Waals surface area contributed by atoms with E-state index in [1.807, 2.05) is 39.0 Å². The van der Waals surface area contributed by atoms with Crippen molar-refractivity contribution in [3.8, 4) is 0 Å². The Labute approximate surface area is 158 Å². The third-order valence-corrected chi connectivity index (χ3v) is 4.16. The molecule has 0 fully saturated rings. The first-order valence-electron chi connectivity index (χ1n) is 8.68. The number of aryl methyl sites for hydroxylation is 3. The Balaban J connectivity index is 2.11. The summed E-state index contributed by atoms with van der Waals surface area (Å²) in [6, 6.07) is 12.7. The van der Waals surface area contributed by atoms with Gasteiger partial charge in [0.15, 0.2) is 6.61 Å². The summed E-state index contributed by atoms with van der Waals surface area (Å²) >= 11 is 0. The van der Waals surface area contributed by atoms with E-state index in [2.05, 4.69) is 0 Å². The maximum atomic E-state index is 12.6. The van der Waals surface area contributed by atoms with Crippen LogP contribution >= 0.6 is 0 Å². The first-order chi connectivity index (χ1) is 12.8. The van der Waals surface area contributed by atoms with Crippen LogP contribution in [-0.4, -0.2) is 30.9 Å². The zero-order valence-electron chi connectivity index (χ0n) is 15.8. The Morgan fingerprint density at radius 3 is 2.15 bits per heavy atom. The van der Waals surface area contributed by atoms with Crippen LogP contribution < -0.4 is 10.6 Å². The quantitative estimate of drug-likeness (QED) is 0.761. The number of primary amides is 1. The van der Waals surface area contributed by atoms with Gasteiger partial charge in [0.25, 0.3) is 5.91 Å². The van der Waals surface area contributed by atoms with Crippen LogP contribution in [0.25, 0.3) is 0 Å². The van der Waals surface area contributed by atoms with Gasteiger partial charge in [-0.15, -0.1) is 0 Å². The second-order valence-corrected chi connectivity index (χ2v) is 6.45. The molecule has 2 aromatic rings. The van der Waals surface area contributed by atoms with Crippen molar-refractivity contribution >= 4 is 23.5 Å². The summed E-state index contributed by atoms with van der Waals surface area (Å²) < 4.78 is 5.25. The van der Waals surface area contributed by atoms with Crippen molar-refractivity contribution in [1.29, 1.82) is 0 Å². The average Bonchev–Trinajstić information content (AvgIpc) is 2.60. The van der Waals surface area contributed by atoms with Crippen LogP contribution in [0.1, 0.15) is 33.5 Å². The highest BCUT2D eigenvalue weighted by Crippen LogP contribution is 2.18. The van der Waals surface area contributed by atoms with Gasteiger partial charge in [-0.05, 0) is 44.0 Å². The van der Waals surface area contributed by atoms with Crippen LogP contribution in [0.3, 0.4) is 0 Å². The number of ether oxygens (including phenoxy) is 1. The average molecular weight is 368 g/mol. The van der Waals surface area contributed by atoms with Gasteiger partial charge in [-0.25, -0.2) is 4.79 Å². The minimum Gasteiger partial charge on any atom is -0.452 e. The lowest BCUT2D eigenvalue weighted by molar-refractivity contribution is -0.121. The molecule has 0 saturated carbocycles. The lowest BCUT2D eigenvalue weighted by Gasteiger charge is -2.22. The van der Waals surface area contributed by atoms with E-state index in [9.17, 15) is 14.4 Å². The molecule has 6 heteroatoms. The molecule has 0 radical (unpaired) electrons. The SMILES string of the molecule is Cc1cc(C)c(C(=O)OCC(=O)N(CCC(N)=O)c2ccccc2)c(C)c1. The molecular formula is C21H24N2O4. The third-order valence-electron chi connectivity index (χ3n) is 4.16. The number of para-hydroxylation sites is 1.